The van der Waals surface area contributed by atoms with E-state index >= 15 is 4.39 Å². The molecule has 1 saturated carbocycles. The van der Waals surface area contributed by atoms with Crippen LogP contribution in [0.15, 0.2) is 83.9 Å². The van der Waals surface area contributed by atoms with E-state index in [1.54, 1.807) is 56.3 Å². The number of hydrogen-bond acceptors (Lipinski definition) is 5. The largest absolute Gasteiger partial charge is 0.448 e. The lowest BCUT2D eigenvalue weighted by Crippen LogP contribution is -2.25. The molecule has 216 valence electrons. The fraction of sp³-hybridized carbons (Fsp3) is 0.250. The van der Waals surface area contributed by atoms with Gasteiger partial charge in [0, 0.05) is 5.56 Å². The minimum atomic E-state index is -0.795. The summed E-state index contributed by atoms with van der Waals surface area (Å²) in [5.41, 5.74) is 9.71. The molecule has 1 aliphatic carbocycles. The van der Waals surface area contributed by atoms with E-state index in [0.717, 1.165) is 17.7 Å². The number of carbonyl (C=O) groups excluding carboxylic acids is 2. The topological polar surface area (TPSA) is 124 Å². The average molecular weight is 569 g/mol. The standard InChI is InChI=1S/C32H33FN6O3/c1-3-42-32(41)37-30(34)24-10-7-11-25(17-24)39-28(16-20(2)38-39)31(40)36-27-18-23(14-15-26(27)33)29(35-19-21-12-13-21)22-8-5-4-6-9-22/h4-11,14-18,21,29,35H,3,12-13,19H2,1-2H3,(H,36,40)(H2,34,37,41). The van der Waals surface area contributed by atoms with Crippen LogP contribution < -0.4 is 16.4 Å². The van der Waals surface area contributed by atoms with E-state index in [4.69, 9.17) is 10.5 Å². The molecule has 10 heteroatoms. The Hall–Kier alpha value is -4.83. The first-order valence-corrected chi connectivity index (χ1v) is 13.9. The molecule has 1 heterocycles. The summed E-state index contributed by atoms with van der Waals surface area (Å²) in [5.74, 6) is -0.460. The van der Waals surface area contributed by atoms with Gasteiger partial charge in [-0.3, -0.25) is 4.79 Å². The van der Waals surface area contributed by atoms with Gasteiger partial charge in [0.15, 0.2) is 0 Å². The Balaban J connectivity index is 1.41. The zero-order valence-electron chi connectivity index (χ0n) is 23.5. The predicted molar refractivity (Wildman–Crippen MR) is 159 cm³/mol. The van der Waals surface area contributed by atoms with Crippen LogP contribution >= 0.6 is 0 Å². The maximum absolute atomic E-state index is 15.0. The zero-order chi connectivity index (χ0) is 29.6. The Morgan fingerprint density at radius 3 is 2.60 bits per heavy atom. The number of nitrogens with one attached hydrogen (secondary N) is 2. The van der Waals surface area contributed by atoms with Crippen molar-refractivity contribution in [1.82, 2.24) is 15.1 Å². The zero-order valence-corrected chi connectivity index (χ0v) is 23.5. The summed E-state index contributed by atoms with van der Waals surface area (Å²) in [4.78, 5) is 29.0. The van der Waals surface area contributed by atoms with Gasteiger partial charge < -0.3 is 21.1 Å². The van der Waals surface area contributed by atoms with Crippen molar-refractivity contribution in [1.29, 1.82) is 0 Å². The highest BCUT2D eigenvalue weighted by molar-refractivity contribution is 6.04. The van der Waals surface area contributed by atoms with E-state index in [1.165, 1.54) is 23.6 Å². The number of nitrogens with two attached hydrogens (primary N) is 1. The molecule has 1 atom stereocenters. The van der Waals surface area contributed by atoms with Gasteiger partial charge in [0.1, 0.15) is 17.3 Å². The lowest BCUT2D eigenvalue weighted by atomic mass is 9.97. The van der Waals surface area contributed by atoms with Gasteiger partial charge in [-0.15, -0.1) is 0 Å². The van der Waals surface area contributed by atoms with Crippen LogP contribution in [0.3, 0.4) is 0 Å². The van der Waals surface area contributed by atoms with E-state index in [1.807, 2.05) is 30.3 Å². The Morgan fingerprint density at radius 1 is 1.07 bits per heavy atom. The fourth-order valence-electron chi connectivity index (χ4n) is 4.66. The molecule has 4 N–H and O–H groups in total. The Bertz CT molecular complexity index is 1610. The lowest BCUT2D eigenvalue weighted by Gasteiger charge is -2.21. The number of hydrogen-bond donors (Lipinski definition) is 3. The minimum absolute atomic E-state index is 0.0349. The monoisotopic (exact) mass is 568 g/mol. The van der Waals surface area contributed by atoms with Crippen molar-refractivity contribution in [2.45, 2.75) is 32.7 Å². The van der Waals surface area contributed by atoms with Crippen LogP contribution in [0.5, 0.6) is 0 Å². The van der Waals surface area contributed by atoms with Crippen LogP contribution in [-0.2, 0) is 4.74 Å². The number of aryl methyl sites for hydroxylation is 1. The molecule has 0 saturated heterocycles. The molecule has 3 aromatic carbocycles. The molecule has 2 amide bonds. The maximum Gasteiger partial charge on any atom is 0.435 e. The number of halogens is 1. The molecule has 0 radical (unpaired) electrons. The third kappa shape index (κ3) is 6.90. The molecule has 1 aromatic heterocycles. The number of aromatic nitrogens is 2. The average Bonchev–Trinajstić information content (AvgIpc) is 3.73. The number of aliphatic imine (C=N–C) groups is 1. The van der Waals surface area contributed by atoms with Crippen LogP contribution in [0.2, 0.25) is 0 Å². The Kier molecular flexibility index (Phi) is 8.73. The Labute approximate surface area is 243 Å². The van der Waals surface area contributed by atoms with Crippen molar-refractivity contribution in [3.05, 3.63) is 113 Å². The maximum atomic E-state index is 15.0. The quantitative estimate of drug-likeness (QED) is 0.171. The van der Waals surface area contributed by atoms with E-state index < -0.39 is 17.8 Å². The molecule has 1 fully saturated rings. The van der Waals surface area contributed by atoms with Gasteiger partial charge >= 0.3 is 6.09 Å². The summed E-state index contributed by atoms with van der Waals surface area (Å²) in [6, 6.07) is 23.0. The highest BCUT2D eigenvalue weighted by atomic mass is 19.1. The summed E-state index contributed by atoms with van der Waals surface area (Å²) >= 11 is 0. The highest BCUT2D eigenvalue weighted by Gasteiger charge is 2.24. The van der Waals surface area contributed by atoms with Crippen LogP contribution in [0.4, 0.5) is 14.9 Å². The molecule has 5 rings (SSSR count). The van der Waals surface area contributed by atoms with Crippen LogP contribution in [0.1, 0.15) is 58.7 Å². The second-order valence-corrected chi connectivity index (χ2v) is 10.2. The lowest BCUT2D eigenvalue weighted by molar-refractivity contribution is 0.101. The van der Waals surface area contributed by atoms with Gasteiger partial charge in [-0.05, 0) is 80.6 Å². The van der Waals surface area contributed by atoms with Crippen molar-refractivity contribution < 1.29 is 18.7 Å². The molecule has 0 aliphatic heterocycles. The minimum Gasteiger partial charge on any atom is -0.448 e. The summed E-state index contributed by atoms with van der Waals surface area (Å²) in [6.45, 7) is 4.47. The van der Waals surface area contributed by atoms with Crippen LogP contribution in [-0.4, -0.2) is 40.8 Å². The van der Waals surface area contributed by atoms with Crippen molar-refractivity contribution in [3.63, 3.8) is 0 Å². The summed E-state index contributed by atoms with van der Waals surface area (Å²) in [6.07, 6.45) is 1.62. The van der Waals surface area contributed by atoms with Crippen LogP contribution in [0, 0.1) is 18.7 Å². The molecule has 0 bridgehead atoms. The molecular formula is C32H33FN6O3. The highest BCUT2D eigenvalue weighted by Crippen LogP contribution is 2.31. The number of benzene rings is 3. The van der Waals surface area contributed by atoms with Gasteiger partial charge in [-0.1, -0.05) is 48.5 Å². The summed E-state index contributed by atoms with van der Waals surface area (Å²) in [5, 5.41) is 10.8. The molecule has 9 nitrogen and oxygen atoms in total. The first-order valence-electron chi connectivity index (χ1n) is 13.9. The third-order valence-electron chi connectivity index (χ3n) is 6.94. The summed E-state index contributed by atoms with van der Waals surface area (Å²) in [7, 11) is 0. The van der Waals surface area contributed by atoms with Crippen molar-refractivity contribution in [2.75, 3.05) is 18.5 Å². The van der Waals surface area contributed by atoms with E-state index in [9.17, 15) is 9.59 Å². The number of amidine groups is 1. The number of ether oxygens (including phenoxy) is 1. The first-order chi connectivity index (χ1) is 20.3. The van der Waals surface area contributed by atoms with E-state index in [-0.39, 0.29) is 29.9 Å². The van der Waals surface area contributed by atoms with E-state index in [2.05, 4.69) is 20.7 Å². The van der Waals surface area contributed by atoms with Crippen molar-refractivity contribution in [3.8, 4) is 5.69 Å². The number of anilines is 1. The molecule has 1 aliphatic rings. The molecular weight excluding hydrogens is 535 g/mol. The number of amides is 2. The molecule has 4 aromatic rings. The SMILES string of the molecule is CCOC(=O)N=C(N)c1cccc(-n2nc(C)cc2C(=O)Nc2cc(C(NCC3CC3)c3ccccc3)ccc2F)c1. The van der Waals surface area contributed by atoms with Crippen molar-refractivity contribution >= 4 is 23.5 Å². The normalized spacial score (nSPS) is 13.9. The summed E-state index contributed by atoms with van der Waals surface area (Å²) < 4.78 is 21.3. The molecule has 1 unspecified atom stereocenters. The first kappa shape index (κ1) is 28.7. The van der Waals surface area contributed by atoms with Gasteiger partial charge in [0.05, 0.1) is 29.7 Å². The third-order valence-corrected chi connectivity index (χ3v) is 6.94. The fourth-order valence-corrected chi connectivity index (χ4v) is 4.66. The molecule has 0 spiro atoms. The second kappa shape index (κ2) is 12.8. The molecule has 42 heavy (non-hydrogen) atoms. The van der Waals surface area contributed by atoms with Gasteiger partial charge in [0.2, 0.25) is 0 Å². The van der Waals surface area contributed by atoms with Gasteiger partial charge in [-0.2, -0.15) is 10.1 Å². The smallest absolute Gasteiger partial charge is 0.435 e. The van der Waals surface area contributed by atoms with Crippen molar-refractivity contribution in [2.24, 2.45) is 16.6 Å². The number of rotatable bonds is 10. The van der Waals surface area contributed by atoms with Crippen LogP contribution in [0.25, 0.3) is 5.69 Å². The Morgan fingerprint density at radius 2 is 1.86 bits per heavy atom. The predicted octanol–water partition coefficient (Wildman–Crippen LogP) is 5.52. The van der Waals surface area contributed by atoms with E-state index in [0.29, 0.717) is 22.9 Å². The number of carbonyl (C=O) groups is 2. The van der Waals surface area contributed by atoms with Gasteiger partial charge in [0.25, 0.3) is 5.91 Å². The second-order valence-electron chi connectivity index (χ2n) is 10.2. The number of nitrogens with zero attached hydrogens (tertiary/aromatic N) is 3. The van der Waals surface area contributed by atoms with Gasteiger partial charge in [-0.25, -0.2) is 13.9 Å².